The monoisotopic (exact) mass is 277 g/mol. The minimum Gasteiger partial charge on any atom is -0.472 e. The van der Waals surface area contributed by atoms with E-state index in [9.17, 15) is 0 Å². The van der Waals surface area contributed by atoms with Crippen molar-refractivity contribution in [3.63, 3.8) is 0 Å². The zero-order valence-corrected chi connectivity index (χ0v) is 12.0. The quantitative estimate of drug-likeness (QED) is 0.802. The normalized spacial score (nSPS) is 10.8. The molecule has 0 saturated carbocycles. The first-order chi connectivity index (χ1) is 9.08. The molecule has 2 heterocycles. The van der Waals surface area contributed by atoms with Crippen molar-refractivity contribution >= 4 is 11.6 Å². The van der Waals surface area contributed by atoms with Gasteiger partial charge in [-0.3, -0.25) is 4.98 Å². The minimum atomic E-state index is 0.211. The lowest BCUT2D eigenvalue weighted by Gasteiger charge is -2.15. The molecule has 0 aliphatic carbocycles. The van der Waals surface area contributed by atoms with Gasteiger partial charge in [0, 0.05) is 29.2 Å². The first-order valence-corrected chi connectivity index (χ1v) is 6.51. The topological polar surface area (TPSA) is 47.9 Å². The van der Waals surface area contributed by atoms with E-state index in [2.05, 4.69) is 28.8 Å². The van der Waals surface area contributed by atoms with Crippen LogP contribution in [0.4, 0.5) is 0 Å². The minimum absolute atomic E-state index is 0.211. The third-order valence-corrected chi connectivity index (χ3v) is 2.92. The van der Waals surface area contributed by atoms with E-state index in [1.807, 2.05) is 19.1 Å². The van der Waals surface area contributed by atoms with Crippen molar-refractivity contribution in [2.24, 2.45) is 0 Å². The molecule has 0 saturated heterocycles. The van der Waals surface area contributed by atoms with E-state index in [4.69, 9.17) is 16.3 Å². The molecule has 0 atom stereocenters. The van der Waals surface area contributed by atoms with Crippen molar-refractivity contribution in [2.75, 3.05) is 0 Å². The number of nitrogens with zero attached hydrogens (tertiary/aromatic N) is 3. The number of aryl methyl sites for hydroxylation is 1. The van der Waals surface area contributed by atoms with Gasteiger partial charge in [-0.25, -0.2) is 4.98 Å². The second kappa shape index (κ2) is 5.97. The van der Waals surface area contributed by atoms with Crippen LogP contribution in [0.1, 0.15) is 36.6 Å². The molecule has 0 aliphatic heterocycles. The molecule has 4 nitrogen and oxygen atoms in total. The smallest absolute Gasteiger partial charge is 0.225 e. The molecule has 0 aliphatic rings. The fourth-order valence-corrected chi connectivity index (χ4v) is 2.14. The van der Waals surface area contributed by atoms with Gasteiger partial charge >= 0.3 is 0 Å². The second-order valence-corrected chi connectivity index (χ2v) is 4.94. The molecule has 0 amide bonds. The van der Waals surface area contributed by atoms with Crippen LogP contribution in [0.25, 0.3) is 0 Å². The van der Waals surface area contributed by atoms with Crippen molar-refractivity contribution in [1.82, 2.24) is 15.0 Å². The van der Waals surface area contributed by atoms with Crippen LogP contribution in [-0.2, 0) is 6.61 Å². The highest BCUT2D eigenvalue weighted by molar-refractivity contribution is 6.28. The largest absolute Gasteiger partial charge is 0.472 e. The van der Waals surface area contributed by atoms with Crippen LogP contribution < -0.4 is 4.74 Å². The molecule has 19 heavy (non-hydrogen) atoms. The lowest BCUT2D eigenvalue weighted by Crippen LogP contribution is -2.06. The number of halogens is 1. The Morgan fingerprint density at radius 1 is 1.32 bits per heavy atom. The zero-order chi connectivity index (χ0) is 13.8. The molecule has 5 heteroatoms. The molecule has 0 fully saturated rings. The molecule has 2 aromatic heterocycles. The number of hydrogen-bond donors (Lipinski definition) is 0. The highest BCUT2D eigenvalue weighted by Gasteiger charge is 2.15. The van der Waals surface area contributed by atoms with E-state index in [0.29, 0.717) is 12.5 Å². The predicted molar refractivity (Wildman–Crippen MR) is 74.4 cm³/mol. The summed E-state index contributed by atoms with van der Waals surface area (Å²) in [5.41, 5.74) is 2.84. The van der Waals surface area contributed by atoms with Crippen molar-refractivity contribution in [1.29, 1.82) is 0 Å². The molecule has 0 radical (unpaired) electrons. The lowest BCUT2D eigenvalue weighted by atomic mass is 10.0. The summed E-state index contributed by atoms with van der Waals surface area (Å²) in [7, 11) is 0. The fraction of sp³-hybridized carbons (Fsp3) is 0.357. The van der Waals surface area contributed by atoms with Crippen molar-refractivity contribution in [3.05, 3.63) is 46.6 Å². The van der Waals surface area contributed by atoms with Crippen molar-refractivity contribution in [3.8, 4) is 5.88 Å². The van der Waals surface area contributed by atoms with Gasteiger partial charge in [-0.1, -0.05) is 19.9 Å². The molecule has 0 spiro atoms. The summed E-state index contributed by atoms with van der Waals surface area (Å²) in [6, 6.07) is 3.83. The Morgan fingerprint density at radius 3 is 2.74 bits per heavy atom. The van der Waals surface area contributed by atoms with E-state index in [1.54, 1.807) is 12.4 Å². The SMILES string of the molecule is Cc1nc(Cl)nc(OCc2cccnc2)c1C(C)C. The van der Waals surface area contributed by atoms with Gasteiger partial charge in [0.2, 0.25) is 11.2 Å². The van der Waals surface area contributed by atoms with Gasteiger partial charge in [-0.2, -0.15) is 4.98 Å². The summed E-state index contributed by atoms with van der Waals surface area (Å²) >= 11 is 5.89. The molecule has 0 unspecified atom stereocenters. The van der Waals surface area contributed by atoms with E-state index >= 15 is 0 Å². The number of aromatic nitrogens is 3. The van der Waals surface area contributed by atoms with E-state index < -0.39 is 0 Å². The molecule has 100 valence electrons. The van der Waals surface area contributed by atoms with Crippen LogP contribution in [0.5, 0.6) is 5.88 Å². The number of rotatable bonds is 4. The predicted octanol–water partition coefficient (Wildman–Crippen LogP) is 3.54. The molecule has 2 rings (SSSR count). The third-order valence-electron chi connectivity index (χ3n) is 2.75. The Balaban J connectivity index is 2.24. The fourth-order valence-electron chi connectivity index (χ4n) is 1.93. The molecular formula is C14H16ClN3O. The zero-order valence-electron chi connectivity index (χ0n) is 11.2. The second-order valence-electron chi connectivity index (χ2n) is 4.60. The lowest BCUT2D eigenvalue weighted by molar-refractivity contribution is 0.287. The highest BCUT2D eigenvalue weighted by atomic mass is 35.5. The maximum absolute atomic E-state index is 5.89. The Kier molecular flexibility index (Phi) is 4.32. The Labute approximate surface area is 117 Å². The van der Waals surface area contributed by atoms with Crippen LogP contribution in [0.3, 0.4) is 0 Å². The van der Waals surface area contributed by atoms with Crippen molar-refractivity contribution in [2.45, 2.75) is 33.3 Å². The van der Waals surface area contributed by atoms with Gasteiger partial charge in [-0.15, -0.1) is 0 Å². The van der Waals surface area contributed by atoms with Gasteiger partial charge in [0.1, 0.15) is 6.61 Å². The van der Waals surface area contributed by atoms with Crippen LogP contribution >= 0.6 is 11.6 Å². The van der Waals surface area contributed by atoms with E-state index in [1.165, 1.54) is 0 Å². The number of pyridine rings is 1. The molecule has 0 bridgehead atoms. The van der Waals surface area contributed by atoms with Crippen LogP contribution in [0, 0.1) is 6.92 Å². The summed E-state index contributed by atoms with van der Waals surface area (Å²) in [5, 5.41) is 0.211. The van der Waals surface area contributed by atoms with Gasteiger partial charge in [-0.05, 0) is 30.5 Å². The van der Waals surface area contributed by atoms with Gasteiger partial charge in [0.05, 0.1) is 0 Å². The first-order valence-electron chi connectivity index (χ1n) is 6.13. The maximum atomic E-state index is 5.89. The number of hydrogen-bond acceptors (Lipinski definition) is 4. The third kappa shape index (κ3) is 3.41. The molecule has 0 N–H and O–H groups in total. The average molecular weight is 278 g/mol. The average Bonchev–Trinajstić information content (AvgIpc) is 2.36. The van der Waals surface area contributed by atoms with Crippen LogP contribution in [0.2, 0.25) is 5.28 Å². The van der Waals surface area contributed by atoms with Gasteiger partial charge in [0.15, 0.2) is 0 Å². The Bertz CT molecular complexity index is 558. The maximum Gasteiger partial charge on any atom is 0.225 e. The molecule has 2 aromatic rings. The van der Waals surface area contributed by atoms with Crippen LogP contribution in [0.15, 0.2) is 24.5 Å². The Morgan fingerprint density at radius 2 is 2.11 bits per heavy atom. The van der Waals surface area contributed by atoms with Gasteiger partial charge in [0.25, 0.3) is 0 Å². The summed E-state index contributed by atoms with van der Waals surface area (Å²) in [4.78, 5) is 12.4. The van der Waals surface area contributed by atoms with Crippen LogP contribution in [-0.4, -0.2) is 15.0 Å². The summed E-state index contributed by atoms with van der Waals surface area (Å²) in [5.74, 6) is 0.831. The van der Waals surface area contributed by atoms with Crippen molar-refractivity contribution < 1.29 is 4.74 Å². The summed E-state index contributed by atoms with van der Waals surface area (Å²) in [6.45, 7) is 6.49. The van der Waals surface area contributed by atoms with Gasteiger partial charge < -0.3 is 4.74 Å². The van der Waals surface area contributed by atoms with E-state index in [0.717, 1.165) is 16.8 Å². The summed E-state index contributed by atoms with van der Waals surface area (Å²) in [6.07, 6.45) is 3.50. The first kappa shape index (κ1) is 13.7. The standard InChI is InChI=1S/C14H16ClN3O/c1-9(2)12-10(3)17-14(15)18-13(12)19-8-11-5-4-6-16-7-11/h4-7,9H,8H2,1-3H3. The highest BCUT2D eigenvalue weighted by Crippen LogP contribution is 2.28. The number of ether oxygens (including phenoxy) is 1. The molecule has 0 aromatic carbocycles. The van der Waals surface area contributed by atoms with E-state index in [-0.39, 0.29) is 11.2 Å². The summed E-state index contributed by atoms with van der Waals surface area (Å²) < 4.78 is 5.77. The Hall–Kier alpha value is -1.68. The molecular weight excluding hydrogens is 262 g/mol.